The topological polar surface area (TPSA) is 55.4 Å². The predicted molar refractivity (Wildman–Crippen MR) is 103 cm³/mol. The summed E-state index contributed by atoms with van der Waals surface area (Å²) < 4.78 is 4.69. The van der Waals surface area contributed by atoms with E-state index in [4.69, 9.17) is 11.6 Å². The fraction of sp³-hybridized carbons (Fsp3) is 0.100. The van der Waals surface area contributed by atoms with Gasteiger partial charge in [-0.1, -0.05) is 54.1 Å². The molecule has 1 unspecified atom stereocenters. The molecule has 0 saturated carbocycles. The first-order chi connectivity index (χ1) is 12.6. The summed E-state index contributed by atoms with van der Waals surface area (Å²) in [6.45, 7) is 0. The Hall–Kier alpha value is -2.63. The van der Waals surface area contributed by atoms with Gasteiger partial charge in [-0.3, -0.25) is 4.79 Å². The molecule has 0 radical (unpaired) electrons. The van der Waals surface area contributed by atoms with E-state index in [-0.39, 0.29) is 11.9 Å². The first-order valence-corrected chi connectivity index (χ1v) is 9.07. The Morgan fingerprint density at radius 1 is 0.962 bits per heavy atom. The predicted octanol–water partition coefficient (Wildman–Crippen LogP) is 4.71. The first-order valence-electron chi connectivity index (χ1n) is 7.88. The fourth-order valence-electron chi connectivity index (χ4n) is 2.56. The van der Waals surface area contributed by atoms with Crippen LogP contribution in [0.5, 0.6) is 0 Å². The molecule has 0 spiro atoms. The summed E-state index contributed by atoms with van der Waals surface area (Å²) in [6, 6.07) is 19.9. The lowest BCUT2D eigenvalue weighted by atomic mass is 9.98. The lowest BCUT2D eigenvalue weighted by Gasteiger charge is -2.19. The van der Waals surface area contributed by atoms with Gasteiger partial charge >= 0.3 is 5.97 Å². The maximum absolute atomic E-state index is 12.7. The van der Waals surface area contributed by atoms with Crippen molar-refractivity contribution in [2.75, 3.05) is 7.11 Å². The van der Waals surface area contributed by atoms with Crippen LogP contribution in [0.15, 0.2) is 66.7 Å². The molecule has 3 rings (SSSR count). The van der Waals surface area contributed by atoms with Crippen molar-refractivity contribution < 1.29 is 14.3 Å². The molecule has 1 atom stereocenters. The zero-order valence-corrected chi connectivity index (χ0v) is 15.5. The Bertz CT molecular complexity index is 924. The summed E-state index contributed by atoms with van der Waals surface area (Å²) in [5.74, 6) is -0.720. The molecule has 26 heavy (non-hydrogen) atoms. The van der Waals surface area contributed by atoms with Crippen LogP contribution in [0.25, 0.3) is 0 Å². The van der Waals surface area contributed by atoms with Gasteiger partial charge in [-0.05, 0) is 35.4 Å². The van der Waals surface area contributed by atoms with Gasteiger partial charge in [0.25, 0.3) is 5.91 Å². The normalized spacial score (nSPS) is 11.6. The highest BCUT2D eigenvalue weighted by Crippen LogP contribution is 2.26. The standard InChI is InChI=1S/C20H16ClNO3S/c1-25-20(24)17-11-10-16(26-17)19(23)22-18(13-6-3-2-4-7-13)14-8-5-9-15(21)12-14/h2-12,18H,1H3,(H,22,23). The van der Waals surface area contributed by atoms with Crippen molar-refractivity contribution in [2.45, 2.75) is 6.04 Å². The van der Waals surface area contributed by atoms with Crippen LogP contribution in [0, 0.1) is 0 Å². The van der Waals surface area contributed by atoms with Gasteiger partial charge in [-0.25, -0.2) is 4.79 Å². The van der Waals surface area contributed by atoms with E-state index in [9.17, 15) is 9.59 Å². The smallest absolute Gasteiger partial charge is 0.348 e. The molecule has 2 aromatic carbocycles. The van der Waals surface area contributed by atoms with Gasteiger partial charge < -0.3 is 10.1 Å². The molecule has 1 heterocycles. The van der Waals surface area contributed by atoms with Crippen LogP contribution >= 0.6 is 22.9 Å². The number of thiophene rings is 1. The third-order valence-electron chi connectivity index (χ3n) is 3.81. The number of esters is 1. The zero-order valence-electron chi connectivity index (χ0n) is 13.9. The lowest BCUT2D eigenvalue weighted by molar-refractivity contribution is 0.0606. The molecule has 4 nitrogen and oxygen atoms in total. The van der Waals surface area contributed by atoms with Gasteiger partial charge in [0.2, 0.25) is 0 Å². The Balaban J connectivity index is 1.89. The Labute approximate surface area is 160 Å². The summed E-state index contributed by atoms with van der Waals surface area (Å²) >= 11 is 7.22. The molecule has 3 aromatic rings. The van der Waals surface area contributed by atoms with E-state index in [1.54, 1.807) is 18.2 Å². The van der Waals surface area contributed by atoms with Crippen LogP contribution in [-0.2, 0) is 4.74 Å². The number of nitrogens with one attached hydrogen (secondary N) is 1. The number of benzene rings is 2. The molecular weight excluding hydrogens is 370 g/mol. The van der Waals surface area contributed by atoms with E-state index in [1.165, 1.54) is 7.11 Å². The van der Waals surface area contributed by atoms with Crippen LogP contribution in [-0.4, -0.2) is 19.0 Å². The molecule has 132 valence electrons. The molecule has 0 bridgehead atoms. The van der Waals surface area contributed by atoms with Crippen molar-refractivity contribution in [3.05, 3.63) is 92.6 Å². The quantitative estimate of drug-likeness (QED) is 0.647. The summed E-state index contributed by atoms with van der Waals surface area (Å²) in [4.78, 5) is 25.1. The SMILES string of the molecule is COC(=O)c1ccc(C(=O)NC(c2ccccc2)c2cccc(Cl)c2)s1. The maximum Gasteiger partial charge on any atom is 0.348 e. The van der Waals surface area contributed by atoms with Crippen LogP contribution in [0.1, 0.15) is 36.5 Å². The minimum atomic E-state index is -0.455. The van der Waals surface area contributed by atoms with Gasteiger partial charge in [0.05, 0.1) is 18.0 Å². The van der Waals surface area contributed by atoms with Gasteiger partial charge in [0.15, 0.2) is 0 Å². The van der Waals surface area contributed by atoms with Crippen molar-refractivity contribution >= 4 is 34.8 Å². The molecular formula is C20H16ClNO3S. The maximum atomic E-state index is 12.7. The van der Waals surface area contributed by atoms with Crippen LogP contribution in [0.3, 0.4) is 0 Å². The Morgan fingerprint density at radius 3 is 2.35 bits per heavy atom. The number of rotatable bonds is 5. The third-order valence-corrected chi connectivity index (χ3v) is 5.11. The highest BCUT2D eigenvalue weighted by Gasteiger charge is 2.20. The Kier molecular flexibility index (Phi) is 5.71. The second-order valence-corrected chi connectivity index (χ2v) is 7.05. The van der Waals surface area contributed by atoms with E-state index >= 15 is 0 Å². The molecule has 0 aliphatic heterocycles. The minimum absolute atomic E-state index is 0.265. The molecule has 1 amide bonds. The molecule has 1 N–H and O–H groups in total. The molecule has 6 heteroatoms. The number of hydrogen-bond donors (Lipinski definition) is 1. The number of amides is 1. The largest absolute Gasteiger partial charge is 0.465 e. The minimum Gasteiger partial charge on any atom is -0.465 e. The van der Waals surface area contributed by atoms with Crippen LogP contribution in [0.2, 0.25) is 5.02 Å². The molecule has 1 aromatic heterocycles. The van der Waals surface area contributed by atoms with Crippen molar-refractivity contribution in [1.82, 2.24) is 5.32 Å². The second kappa shape index (κ2) is 8.17. The number of carbonyl (C=O) groups excluding carboxylic acids is 2. The zero-order chi connectivity index (χ0) is 18.5. The van der Waals surface area contributed by atoms with Crippen molar-refractivity contribution in [3.63, 3.8) is 0 Å². The molecule has 0 aliphatic rings. The van der Waals surface area contributed by atoms with Gasteiger partial charge in [-0.2, -0.15) is 0 Å². The highest BCUT2D eigenvalue weighted by atomic mass is 35.5. The average Bonchev–Trinajstić information content (AvgIpc) is 3.16. The van der Waals surface area contributed by atoms with Crippen molar-refractivity contribution in [1.29, 1.82) is 0 Å². The number of hydrogen-bond acceptors (Lipinski definition) is 4. The summed E-state index contributed by atoms with van der Waals surface area (Å²) in [5.41, 5.74) is 1.81. The van der Waals surface area contributed by atoms with E-state index < -0.39 is 5.97 Å². The molecule has 0 saturated heterocycles. The van der Waals surface area contributed by atoms with Crippen LogP contribution < -0.4 is 5.32 Å². The highest BCUT2D eigenvalue weighted by molar-refractivity contribution is 7.15. The number of halogens is 1. The van der Waals surface area contributed by atoms with Gasteiger partial charge in [0, 0.05) is 5.02 Å². The Morgan fingerprint density at radius 2 is 1.65 bits per heavy atom. The van der Waals surface area contributed by atoms with E-state index in [2.05, 4.69) is 10.1 Å². The molecule has 0 aliphatic carbocycles. The second-order valence-electron chi connectivity index (χ2n) is 5.53. The summed E-state index contributed by atoms with van der Waals surface area (Å²) in [5, 5.41) is 3.62. The van der Waals surface area contributed by atoms with Crippen molar-refractivity contribution in [2.24, 2.45) is 0 Å². The summed E-state index contributed by atoms with van der Waals surface area (Å²) in [7, 11) is 1.31. The lowest BCUT2D eigenvalue weighted by Crippen LogP contribution is -2.28. The van der Waals surface area contributed by atoms with Crippen LogP contribution in [0.4, 0.5) is 0 Å². The number of ether oxygens (including phenoxy) is 1. The van der Waals surface area contributed by atoms with E-state index in [1.807, 2.05) is 48.5 Å². The fourth-order valence-corrected chi connectivity index (χ4v) is 3.59. The van der Waals surface area contributed by atoms with E-state index in [0.29, 0.717) is 14.8 Å². The van der Waals surface area contributed by atoms with Gasteiger partial charge in [0.1, 0.15) is 4.88 Å². The average molecular weight is 386 g/mol. The van der Waals surface area contributed by atoms with Gasteiger partial charge in [-0.15, -0.1) is 11.3 Å². The van der Waals surface area contributed by atoms with Crippen molar-refractivity contribution in [3.8, 4) is 0 Å². The summed E-state index contributed by atoms with van der Waals surface area (Å²) in [6.07, 6.45) is 0. The van der Waals surface area contributed by atoms with E-state index in [0.717, 1.165) is 22.5 Å². The number of methoxy groups -OCH3 is 1. The molecule has 0 fully saturated rings. The third kappa shape index (κ3) is 4.12. The number of carbonyl (C=O) groups is 2. The monoisotopic (exact) mass is 385 g/mol. The first kappa shape index (κ1) is 18.2.